The highest BCUT2D eigenvalue weighted by Gasteiger charge is 2.53. The van der Waals surface area contributed by atoms with Crippen LogP contribution in [0.2, 0.25) is 0 Å². The second-order valence-electron chi connectivity index (χ2n) is 6.22. The van der Waals surface area contributed by atoms with E-state index in [2.05, 4.69) is 13.5 Å². The van der Waals surface area contributed by atoms with Crippen LogP contribution in [-0.4, -0.2) is 23.3 Å². The first-order valence-corrected chi connectivity index (χ1v) is 6.70. The van der Waals surface area contributed by atoms with Crippen molar-refractivity contribution < 1.29 is 14.6 Å². The van der Waals surface area contributed by atoms with E-state index in [4.69, 9.17) is 4.74 Å². The van der Waals surface area contributed by atoms with Crippen molar-refractivity contribution in [3.8, 4) is 0 Å². The molecule has 0 amide bonds. The molecule has 3 nitrogen and oxygen atoms in total. The van der Waals surface area contributed by atoms with Gasteiger partial charge in [0.25, 0.3) is 0 Å². The van der Waals surface area contributed by atoms with Gasteiger partial charge in [-0.15, -0.1) is 0 Å². The SMILES string of the molecule is C=C1CC[C@H](O)[C@]2(C)C[C@@H]3OC(=O)C(C)=C3C[C@@H]12. The molecule has 18 heavy (non-hydrogen) atoms. The van der Waals surface area contributed by atoms with Crippen LogP contribution in [0.15, 0.2) is 23.3 Å². The van der Waals surface area contributed by atoms with Crippen molar-refractivity contribution in [3.63, 3.8) is 0 Å². The Morgan fingerprint density at radius 3 is 2.94 bits per heavy atom. The van der Waals surface area contributed by atoms with Gasteiger partial charge in [-0.25, -0.2) is 4.79 Å². The maximum Gasteiger partial charge on any atom is 0.334 e. The number of rotatable bonds is 0. The van der Waals surface area contributed by atoms with E-state index in [1.165, 1.54) is 5.57 Å². The predicted molar refractivity (Wildman–Crippen MR) is 67.8 cm³/mol. The first kappa shape index (κ1) is 12.0. The predicted octanol–water partition coefficient (Wildman–Crippen LogP) is 2.36. The second-order valence-corrected chi connectivity index (χ2v) is 6.22. The third kappa shape index (κ3) is 1.43. The molecule has 4 atom stereocenters. The van der Waals surface area contributed by atoms with Crippen LogP contribution in [0.3, 0.4) is 0 Å². The van der Waals surface area contributed by atoms with Gasteiger partial charge in [0.1, 0.15) is 6.10 Å². The van der Waals surface area contributed by atoms with E-state index in [0.717, 1.165) is 36.8 Å². The Morgan fingerprint density at radius 2 is 2.22 bits per heavy atom. The first-order chi connectivity index (χ1) is 8.43. The molecule has 2 aliphatic carbocycles. The number of carbonyl (C=O) groups excluding carboxylic acids is 1. The number of carbonyl (C=O) groups is 1. The molecule has 1 N–H and O–H groups in total. The summed E-state index contributed by atoms with van der Waals surface area (Å²) in [5, 5.41) is 10.3. The second kappa shape index (κ2) is 3.70. The third-order valence-electron chi connectivity index (χ3n) is 5.26. The molecule has 0 spiro atoms. The van der Waals surface area contributed by atoms with Crippen LogP contribution in [0.4, 0.5) is 0 Å². The molecule has 2 fully saturated rings. The number of aliphatic hydroxyl groups is 1. The number of ether oxygens (including phenoxy) is 1. The van der Waals surface area contributed by atoms with Gasteiger partial charge in [-0.2, -0.15) is 0 Å². The molecule has 0 radical (unpaired) electrons. The summed E-state index contributed by atoms with van der Waals surface area (Å²) in [5.41, 5.74) is 2.95. The third-order valence-corrected chi connectivity index (χ3v) is 5.26. The number of allylic oxidation sites excluding steroid dienone is 1. The average molecular weight is 248 g/mol. The lowest BCUT2D eigenvalue weighted by molar-refractivity contribution is -0.144. The van der Waals surface area contributed by atoms with Crippen LogP contribution in [0.25, 0.3) is 0 Å². The Kier molecular flexibility index (Phi) is 2.46. The highest BCUT2D eigenvalue weighted by molar-refractivity contribution is 5.91. The maximum atomic E-state index is 11.6. The van der Waals surface area contributed by atoms with Crippen LogP contribution < -0.4 is 0 Å². The summed E-state index contributed by atoms with van der Waals surface area (Å²) in [4.78, 5) is 11.6. The molecule has 0 saturated heterocycles. The summed E-state index contributed by atoms with van der Waals surface area (Å²) in [6, 6.07) is 0. The lowest BCUT2D eigenvalue weighted by Crippen LogP contribution is -2.49. The van der Waals surface area contributed by atoms with Gasteiger partial charge in [-0.05, 0) is 44.1 Å². The van der Waals surface area contributed by atoms with Crippen molar-refractivity contribution >= 4 is 5.97 Å². The number of fused-ring (bicyclic) bond motifs is 2. The van der Waals surface area contributed by atoms with Gasteiger partial charge in [0.15, 0.2) is 0 Å². The van der Waals surface area contributed by atoms with Crippen molar-refractivity contribution in [1.82, 2.24) is 0 Å². The van der Waals surface area contributed by atoms with Gasteiger partial charge in [0.05, 0.1) is 6.10 Å². The molecule has 1 aliphatic heterocycles. The van der Waals surface area contributed by atoms with Crippen molar-refractivity contribution in [3.05, 3.63) is 23.3 Å². The Hall–Kier alpha value is -1.09. The van der Waals surface area contributed by atoms with Gasteiger partial charge in [-0.1, -0.05) is 19.1 Å². The number of aliphatic hydroxyl groups excluding tert-OH is 1. The van der Waals surface area contributed by atoms with Gasteiger partial charge < -0.3 is 9.84 Å². The molecule has 3 rings (SSSR count). The lowest BCUT2D eigenvalue weighted by atomic mass is 9.56. The largest absolute Gasteiger partial charge is 0.454 e. The van der Waals surface area contributed by atoms with E-state index < -0.39 is 0 Å². The topological polar surface area (TPSA) is 46.5 Å². The summed E-state index contributed by atoms with van der Waals surface area (Å²) in [6.07, 6.45) is 2.82. The molecule has 2 saturated carbocycles. The van der Waals surface area contributed by atoms with Crippen LogP contribution in [0.5, 0.6) is 0 Å². The average Bonchev–Trinajstić information content (AvgIpc) is 2.58. The van der Waals surface area contributed by atoms with Crippen LogP contribution >= 0.6 is 0 Å². The fraction of sp³-hybridized carbons (Fsp3) is 0.667. The highest BCUT2D eigenvalue weighted by Crippen LogP contribution is 2.55. The van der Waals surface area contributed by atoms with Gasteiger partial charge in [0.2, 0.25) is 0 Å². The molecular weight excluding hydrogens is 228 g/mol. The molecule has 3 aliphatic rings. The molecule has 0 unspecified atom stereocenters. The number of esters is 1. The lowest BCUT2D eigenvalue weighted by Gasteiger charge is -2.51. The zero-order valence-corrected chi connectivity index (χ0v) is 11.0. The standard InChI is InChI=1S/C15H20O3/c1-8-4-5-13(16)15(3)7-12-10(6-11(8)15)9(2)14(17)18-12/h11-13,16H,1,4-7H2,2-3H3/t11-,12-,13-,15+/m0/s1. The summed E-state index contributed by atoms with van der Waals surface area (Å²) in [5.74, 6) is 0.106. The Bertz CT molecular complexity index is 462. The van der Waals surface area contributed by atoms with Crippen molar-refractivity contribution in [1.29, 1.82) is 0 Å². The number of hydrogen-bond acceptors (Lipinski definition) is 3. The fourth-order valence-electron chi connectivity index (χ4n) is 3.91. The molecular formula is C15H20O3. The molecule has 0 bridgehead atoms. The molecule has 0 aromatic rings. The molecule has 1 heterocycles. The minimum Gasteiger partial charge on any atom is -0.454 e. The van der Waals surface area contributed by atoms with Crippen LogP contribution in [-0.2, 0) is 9.53 Å². The molecule has 98 valence electrons. The smallest absolute Gasteiger partial charge is 0.334 e. The van der Waals surface area contributed by atoms with E-state index in [1.54, 1.807) is 0 Å². The molecule has 0 aromatic carbocycles. The Balaban J connectivity index is 1.99. The van der Waals surface area contributed by atoms with Crippen LogP contribution in [0.1, 0.15) is 39.5 Å². The van der Waals surface area contributed by atoms with E-state index >= 15 is 0 Å². The van der Waals surface area contributed by atoms with Crippen molar-refractivity contribution in [2.75, 3.05) is 0 Å². The van der Waals surface area contributed by atoms with Crippen molar-refractivity contribution in [2.45, 2.75) is 51.7 Å². The highest BCUT2D eigenvalue weighted by atomic mass is 16.5. The molecule has 3 heteroatoms. The first-order valence-electron chi connectivity index (χ1n) is 6.70. The minimum atomic E-state index is -0.311. The maximum absolute atomic E-state index is 11.6. The summed E-state index contributed by atoms with van der Waals surface area (Å²) in [6.45, 7) is 8.14. The van der Waals surface area contributed by atoms with Crippen LogP contribution in [0, 0.1) is 11.3 Å². The zero-order valence-electron chi connectivity index (χ0n) is 11.0. The summed E-state index contributed by atoms with van der Waals surface area (Å²) in [7, 11) is 0. The normalized spacial score (nSPS) is 43.6. The quantitative estimate of drug-likeness (QED) is 0.529. The van der Waals surface area contributed by atoms with E-state index in [9.17, 15) is 9.90 Å². The minimum absolute atomic E-state index is 0.112. The fourth-order valence-corrected chi connectivity index (χ4v) is 3.91. The summed E-state index contributed by atoms with van der Waals surface area (Å²) < 4.78 is 5.42. The monoisotopic (exact) mass is 248 g/mol. The van der Waals surface area contributed by atoms with E-state index in [0.29, 0.717) is 0 Å². The van der Waals surface area contributed by atoms with E-state index in [-0.39, 0.29) is 29.5 Å². The Morgan fingerprint density at radius 1 is 1.50 bits per heavy atom. The Labute approximate surface area is 108 Å². The zero-order chi connectivity index (χ0) is 13.1. The van der Waals surface area contributed by atoms with E-state index in [1.807, 2.05) is 6.92 Å². The van der Waals surface area contributed by atoms with Crippen molar-refractivity contribution in [2.24, 2.45) is 11.3 Å². The number of hydrogen-bond donors (Lipinski definition) is 1. The van der Waals surface area contributed by atoms with Gasteiger partial charge >= 0.3 is 5.97 Å². The summed E-state index contributed by atoms with van der Waals surface area (Å²) >= 11 is 0. The van der Waals surface area contributed by atoms with Gasteiger partial charge in [0, 0.05) is 11.0 Å². The van der Waals surface area contributed by atoms with Gasteiger partial charge in [-0.3, -0.25) is 0 Å². The molecule has 0 aromatic heterocycles.